The van der Waals surface area contributed by atoms with Crippen LogP contribution >= 0.6 is 11.3 Å². The van der Waals surface area contributed by atoms with E-state index in [2.05, 4.69) is 27.0 Å². The van der Waals surface area contributed by atoms with E-state index in [1.54, 1.807) is 11.3 Å². The first-order valence-corrected chi connectivity index (χ1v) is 5.17. The molecule has 0 saturated carbocycles. The molecule has 2 aromatic rings. The molecule has 2 N–H and O–H groups in total. The van der Waals surface area contributed by atoms with E-state index in [9.17, 15) is 0 Å². The summed E-state index contributed by atoms with van der Waals surface area (Å²) in [6.45, 7) is 0.985. The van der Waals surface area contributed by atoms with E-state index in [4.69, 9.17) is 0 Å². The van der Waals surface area contributed by atoms with E-state index in [0.29, 0.717) is 0 Å². The largest absolute Gasteiger partial charge is 0.383 e. The summed E-state index contributed by atoms with van der Waals surface area (Å²) >= 11 is 1.76. The number of aromatic nitrogens is 2. The Kier molecular flexibility index (Phi) is 1.43. The van der Waals surface area contributed by atoms with Gasteiger partial charge in [0.25, 0.3) is 0 Å². The predicted molar refractivity (Wildman–Crippen MR) is 54.1 cm³/mol. The van der Waals surface area contributed by atoms with Gasteiger partial charge in [-0.25, -0.2) is 0 Å². The topological polar surface area (TPSA) is 40.7 Å². The van der Waals surface area contributed by atoms with Crippen molar-refractivity contribution in [3.8, 4) is 10.4 Å². The number of aromatic amines is 1. The quantitative estimate of drug-likeness (QED) is 0.669. The molecule has 3 nitrogen and oxygen atoms in total. The lowest BCUT2D eigenvalue weighted by Gasteiger charge is -1.99. The van der Waals surface area contributed by atoms with E-state index in [1.165, 1.54) is 21.8 Å². The molecule has 1 aliphatic heterocycles. The standard InChI is InChI=1S/C9H9N3S/c1-3-10-8-2-4-13-9(8)6-5-11-12-7(1)6/h2,4-5,10H,1,3H2,(H,11,12). The molecule has 4 heteroatoms. The van der Waals surface area contributed by atoms with Crippen LogP contribution in [0.4, 0.5) is 5.69 Å². The Morgan fingerprint density at radius 1 is 1.46 bits per heavy atom. The van der Waals surface area contributed by atoms with E-state index in [0.717, 1.165) is 13.0 Å². The molecule has 1 aliphatic rings. The van der Waals surface area contributed by atoms with Crippen molar-refractivity contribution in [1.82, 2.24) is 10.2 Å². The fraction of sp³-hybridized carbons (Fsp3) is 0.222. The smallest absolute Gasteiger partial charge is 0.0608 e. The molecule has 0 unspecified atom stereocenters. The lowest BCUT2D eigenvalue weighted by Crippen LogP contribution is -2.02. The average molecular weight is 191 g/mol. The molecule has 0 spiro atoms. The zero-order chi connectivity index (χ0) is 8.67. The first-order valence-electron chi connectivity index (χ1n) is 4.29. The first-order chi connectivity index (χ1) is 6.45. The third-order valence-electron chi connectivity index (χ3n) is 2.32. The number of nitrogens with one attached hydrogen (secondary N) is 2. The van der Waals surface area contributed by atoms with Crippen molar-refractivity contribution in [2.24, 2.45) is 0 Å². The van der Waals surface area contributed by atoms with Crippen LogP contribution < -0.4 is 5.32 Å². The van der Waals surface area contributed by atoms with Gasteiger partial charge in [-0.1, -0.05) is 0 Å². The molecule has 0 radical (unpaired) electrons. The second-order valence-corrected chi connectivity index (χ2v) is 4.02. The number of nitrogens with zero attached hydrogens (tertiary/aromatic N) is 1. The maximum atomic E-state index is 4.08. The van der Waals surface area contributed by atoms with Crippen molar-refractivity contribution in [2.75, 3.05) is 11.9 Å². The van der Waals surface area contributed by atoms with Crippen molar-refractivity contribution < 1.29 is 0 Å². The zero-order valence-corrected chi connectivity index (χ0v) is 7.82. The maximum absolute atomic E-state index is 4.08. The van der Waals surface area contributed by atoms with Gasteiger partial charge in [0.2, 0.25) is 0 Å². The van der Waals surface area contributed by atoms with Gasteiger partial charge in [-0.05, 0) is 11.4 Å². The van der Waals surface area contributed by atoms with E-state index >= 15 is 0 Å². The molecule has 0 bridgehead atoms. The Hall–Kier alpha value is -1.29. The molecular formula is C9H9N3S. The minimum absolute atomic E-state index is 0.985. The Labute approximate surface area is 79.8 Å². The van der Waals surface area contributed by atoms with Crippen LogP contribution in [-0.4, -0.2) is 16.7 Å². The number of anilines is 1. The van der Waals surface area contributed by atoms with Crippen molar-refractivity contribution in [2.45, 2.75) is 6.42 Å². The van der Waals surface area contributed by atoms with E-state index < -0.39 is 0 Å². The molecule has 0 atom stereocenters. The summed E-state index contributed by atoms with van der Waals surface area (Å²) in [6, 6.07) is 2.13. The lowest BCUT2D eigenvalue weighted by molar-refractivity contribution is 0.936. The van der Waals surface area contributed by atoms with Crippen molar-refractivity contribution in [3.63, 3.8) is 0 Å². The molecule has 0 saturated heterocycles. The summed E-state index contributed by atoms with van der Waals surface area (Å²) < 4.78 is 0. The van der Waals surface area contributed by atoms with Gasteiger partial charge in [0.05, 0.1) is 16.8 Å². The first kappa shape index (κ1) is 7.15. The lowest BCUT2D eigenvalue weighted by atomic mass is 10.2. The van der Waals surface area contributed by atoms with Crippen LogP contribution in [0.25, 0.3) is 10.4 Å². The van der Waals surface area contributed by atoms with Crippen LogP contribution in [0.5, 0.6) is 0 Å². The van der Waals surface area contributed by atoms with Gasteiger partial charge in [-0.3, -0.25) is 5.10 Å². The SMILES string of the molecule is c1cc2c(s1)-c1cn[nH]c1CCN2. The molecule has 3 rings (SSSR count). The fourth-order valence-electron chi connectivity index (χ4n) is 1.68. The Morgan fingerprint density at radius 2 is 2.46 bits per heavy atom. The van der Waals surface area contributed by atoms with Crippen LogP contribution in [0.2, 0.25) is 0 Å². The number of hydrogen-bond donors (Lipinski definition) is 2. The van der Waals surface area contributed by atoms with Gasteiger partial charge in [0, 0.05) is 24.2 Å². The maximum Gasteiger partial charge on any atom is 0.0608 e. The number of thiophene rings is 1. The van der Waals surface area contributed by atoms with Crippen molar-refractivity contribution >= 4 is 17.0 Å². The van der Waals surface area contributed by atoms with Crippen LogP contribution in [0.3, 0.4) is 0 Å². The van der Waals surface area contributed by atoms with Gasteiger partial charge in [-0.2, -0.15) is 5.10 Å². The van der Waals surface area contributed by atoms with Crippen LogP contribution in [0, 0.1) is 0 Å². The molecule has 13 heavy (non-hydrogen) atoms. The molecule has 0 amide bonds. The zero-order valence-electron chi connectivity index (χ0n) is 7.00. The highest BCUT2D eigenvalue weighted by Crippen LogP contribution is 2.36. The van der Waals surface area contributed by atoms with E-state index in [-0.39, 0.29) is 0 Å². The summed E-state index contributed by atoms with van der Waals surface area (Å²) in [5.74, 6) is 0. The third kappa shape index (κ3) is 0.986. The van der Waals surface area contributed by atoms with Gasteiger partial charge >= 0.3 is 0 Å². The summed E-state index contributed by atoms with van der Waals surface area (Å²) in [7, 11) is 0. The highest BCUT2D eigenvalue weighted by molar-refractivity contribution is 7.14. The summed E-state index contributed by atoms with van der Waals surface area (Å²) in [5.41, 5.74) is 3.74. The minimum atomic E-state index is 0.985. The molecule has 0 aliphatic carbocycles. The number of rotatable bonds is 0. The highest BCUT2D eigenvalue weighted by Gasteiger charge is 2.15. The van der Waals surface area contributed by atoms with Gasteiger partial charge < -0.3 is 5.32 Å². The Bertz CT molecular complexity index is 389. The second-order valence-electron chi connectivity index (χ2n) is 3.10. The average Bonchev–Trinajstić information content (AvgIpc) is 2.72. The van der Waals surface area contributed by atoms with Crippen LogP contribution in [-0.2, 0) is 6.42 Å². The summed E-state index contributed by atoms with van der Waals surface area (Å²) in [6.07, 6.45) is 2.94. The van der Waals surface area contributed by atoms with E-state index in [1.807, 2.05) is 6.20 Å². The van der Waals surface area contributed by atoms with Crippen LogP contribution in [0.1, 0.15) is 5.69 Å². The molecule has 0 fully saturated rings. The number of hydrogen-bond acceptors (Lipinski definition) is 3. The summed E-state index contributed by atoms with van der Waals surface area (Å²) in [4.78, 5) is 1.31. The van der Waals surface area contributed by atoms with Crippen LogP contribution in [0.15, 0.2) is 17.6 Å². The van der Waals surface area contributed by atoms with Gasteiger partial charge in [0.15, 0.2) is 0 Å². The molecule has 2 aromatic heterocycles. The summed E-state index contributed by atoms with van der Waals surface area (Å²) in [5, 5.41) is 12.6. The molecule has 3 heterocycles. The molecular weight excluding hydrogens is 182 g/mol. The number of H-pyrrole nitrogens is 1. The van der Waals surface area contributed by atoms with Gasteiger partial charge in [0.1, 0.15) is 0 Å². The highest BCUT2D eigenvalue weighted by atomic mass is 32.1. The molecule has 0 aromatic carbocycles. The Morgan fingerprint density at radius 3 is 3.46 bits per heavy atom. The second kappa shape index (κ2) is 2.60. The Balaban J connectivity index is 2.27. The minimum Gasteiger partial charge on any atom is -0.383 e. The predicted octanol–water partition coefficient (Wildman–Crippen LogP) is 2.11. The fourth-order valence-corrected chi connectivity index (χ4v) is 2.59. The van der Waals surface area contributed by atoms with Crippen molar-refractivity contribution in [3.05, 3.63) is 23.3 Å². The van der Waals surface area contributed by atoms with Crippen molar-refractivity contribution in [1.29, 1.82) is 0 Å². The van der Waals surface area contributed by atoms with Gasteiger partial charge in [-0.15, -0.1) is 11.3 Å². The monoisotopic (exact) mass is 191 g/mol. The molecule has 66 valence electrons. The number of fused-ring (bicyclic) bond motifs is 3. The normalized spacial score (nSPS) is 14.2. The third-order valence-corrected chi connectivity index (χ3v) is 3.27.